The predicted octanol–water partition coefficient (Wildman–Crippen LogP) is 3.27. The average molecular weight is 384 g/mol. The molecule has 6 heteroatoms. The van der Waals surface area contributed by atoms with E-state index in [1.807, 2.05) is 0 Å². The standard InChI is InChI=1S/C20H37N3O2S/c21-13-6-1-2-7-14-22-20(25)18-15-26-16-23(18)19(24)12-8-11-17-9-4-3-5-10-17/h17-18H,1-16,21H2,(H,22,25). The number of carbonyl (C=O) groups excluding carboxylic acids is 2. The highest BCUT2D eigenvalue weighted by molar-refractivity contribution is 7.99. The van der Waals surface area contributed by atoms with Crippen LogP contribution in [0.3, 0.4) is 0 Å². The van der Waals surface area contributed by atoms with Crippen molar-refractivity contribution in [2.45, 2.75) is 83.1 Å². The summed E-state index contributed by atoms with van der Waals surface area (Å²) >= 11 is 1.69. The Morgan fingerprint density at radius 2 is 1.81 bits per heavy atom. The van der Waals surface area contributed by atoms with Gasteiger partial charge in [-0.05, 0) is 38.1 Å². The zero-order chi connectivity index (χ0) is 18.6. The van der Waals surface area contributed by atoms with E-state index in [-0.39, 0.29) is 17.9 Å². The quantitative estimate of drug-likeness (QED) is 0.537. The third-order valence-corrected chi connectivity index (χ3v) is 6.68. The molecule has 0 radical (unpaired) electrons. The van der Waals surface area contributed by atoms with E-state index in [0.29, 0.717) is 18.8 Å². The SMILES string of the molecule is NCCCCCCNC(=O)C1CSCN1C(=O)CCCC1CCCCC1. The second kappa shape index (κ2) is 12.6. The molecule has 1 atom stereocenters. The predicted molar refractivity (Wildman–Crippen MR) is 109 cm³/mol. The number of amides is 2. The van der Waals surface area contributed by atoms with Gasteiger partial charge in [0.1, 0.15) is 6.04 Å². The lowest BCUT2D eigenvalue weighted by Gasteiger charge is -2.24. The smallest absolute Gasteiger partial charge is 0.243 e. The molecule has 2 aliphatic rings. The summed E-state index contributed by atoms with van der Waals surface area (Å²) in [7, 11) is 0. The lowest BCUT2D eigenvalue weighted by molar-refractivity contribution is -0.138. The molecule has 2 fully saturated rings. The Kier molecular flexibility index (Phi) is 10.4. The van der Waals surface area contributed by atoms with Crippen LogP contribution >= 0.6 is 11.8 Å². The Balaban J connectivity index is 1.63. The second-order valence-corrected chi connectivity index (χ2v) is 8.77. The van der Waals surface area contributed by atoms with Gasteiger partial charge >= 0.3 is 0 Å². The number of hydrogen-bond acceptors (Lipinski definition) is 4. The molecular formula is C20H37N3O2S. The molecule has 1 saturated carbocycles. The van der Waals surface area contributed by atoms with Crippen molar-refractivity contribution in [2.24, 2.45) is 11.7 Å². The van der Waals surface area contributed by atoms with Crippen LogP contribution < -0.4 is 11.1 Å². The molecule has 1 saturated heterocycles. The lowest BCUT2D eigenvalue weighted by Crippen LogP contribution is -2.47. The summed E-state index contributed by atoms with van der Waals surface area (Å²) < 4.78 is 0. The van der Waals surface area contributed by atoms with Gasteiger partial charge in [-0.25, -0.2) is 0 Å². The Morgan fingerprint density at radius 1 is 1.04 bits per heavy atom. The van der Waals surface area contributed by atoms with Gasteiger partial charge in [0.05, 0.1) is 5.88 Å². The van der Waals surface area contributed by atoms with Crippen molar-refractivity contribution in [2.75, 3.05) is 24.7 Å². The van der Waals surface area contributed by atoms with E-state index >= 15 is 0 Å². The van der Waals surface area contributed by atoms with Crippen molar-refractivity contribution in [3.05, 3.63) is 0 Å². The molecular weight excluding hydrogens is 346 g/mol. The van der Waals surface area contributed by atoms with Gasteiger partial charge in [-0.1, -0.05) is 44.9 Å². The van der Waals surface area contributed by atoms with Crippen molar-refractivity contribution < 1.29 is 9.59 Å². The van der Waals surface area contributed by atoms with Crippen LogP contribution in [0, 0.1) is 5.92 Å². The first kappa shape index (κ1) is 21.5. The summed E-state index contributed by atoms with van der Waals surface area (Å²) in [6, 6.07) is -0.272. The minimum absolute atomic E-state index is 0.0226. The molecule has 1 aliphatic carbocycles. The van der Waals surface area contributed by atoms with Crippen LogP contribution in [0.5, 0.6) is 0 Å². The number of rotatable bonds is 11. The summed E-state index contributed by atoms with van der Waals surface area (Å²) in [6.45, 7) is 1.44. The molecule has 0 aromatic carbocycles. The molecule has 1 heterocycles. The second-order valence-electron chi connectivity index (χ2n) is 7.77. The fourth-order valence-corrected chi connectivity index (χ4v) is 5.20. The normalized spacial score (nSPS) is 21.1. The first-order chi connectivity index (χ1) is 12.7. The minimum Gasteiger partial charge on any atom is -0.354 e. The van der Waals surface area contributed by atoms with E-state index < -0.39 is 0 Å². The molecule has 150 valence electrons. The molecule has 1 aliphatic heterocycles. The van der Waals surface area contributed by atoms with Crippen molar-refractivity contribution in [1.29, 1.82) is 0 Å². The Bertz CT molecular complexity index is 427. The number of nitrogens with one attached hydrogen (secondary N) is 1. The van der Waals surface area contributed by atoms with Crippen LogP contribution in [0.2, 0.25) is 0 Å². The van der Waals surface area contributed by atoms with Crippen molar-refractivity contribution in [3.8, 4) is 0 Å². The maximum Gasteiger partial charge on any atom is 0.243 e. The van der Waals surface area contributed by atoms with Crippen LogP contribution in [0.15, 0.2) is 0 Å². The molecule has 3 N–H and O–H groups in total. The van der Waals surface area contributed by atoms with Crippen LogP contribution in [0.25, 0.3) is 0 Å². The third-order valence-electron chi connectivity index (χ3n) is 5.66. The molecule has 1 unspecified atom stereocenters. The Morgan fingerprint density at radius 3 is 2.58 bits per heavy atom. The van der Waals surface area contributed by atoms with Crippen LogP contribution in [-0.4, -0.2) is 47.5 Å². The number of nitrogens with zero attached hydrogens (tertiary/aromatic N) is 1. The maximum atomic E-state index is 12.6. The Hall–Kier alpha value is -0.750. The number of carbonyl (C=O) groups is 2. The number of nitrogens with two attached hydrogens (primary N) is 1. The van der Waals surface area contributed by atoms with Gasteiger partial charge in [0.2, 0.25) is 11.8 Å². The monoisotopic (exact) mass is 383 g/mol. The van der Waals surface area contributed by atoms with Gasteiger partial charge in [0.25, 0.3) is 0 Å². The highest BCUT2D eigenvalue weighted by Gasteiger charge is 2.34. The number of thioether (sulfide) groups is 1. The molecule has 2 rings (SSSR count). The minimum atomic E-state index is -0.272. The fourth-order valence-electron chi connectivity index (χ4n) is 4.02. The largest absolute Gasteiger partial charge is 0.354 e. The average Bonchev–Trinajstić information content (AvgIpc) is 3.15. The Labute approximate surface area is 163 Å². The van der Waals surface area contributed by atoms with E-state index in [1.165, 1.54) is 38.5 Å². The van der Waals surface area contributed by atoms with E-state index in [1.54, 1.807) is 16.7 Å². The van der Waals surface area contributed by atoms with E-state index in [2.05, 4.69) is 5.32 Å². The number of hydrogen-bond donors (Lipinski definition) is 2. The first-order valence-electron chi connectivity index (χ1n) is 10.6. The van der Waals surface area contributed by atoms with E-state index in [0.717, 1.165) is 50.3 Å². The molecule has 0 bridgehead atoms. The summed E-state index contributed by atoms with van der Waals surface area (Å²) in [4.78, 5) is 26.8. The van der Waals surface area contributed by atoms with E-state index in [9.17, 15) is 9.59 Å². The van der Waals surface area contributed by atoms with Gasteiger partial charge in [-0.15, -0.1) is 11.8 Å². The number of unbranched alkanes of at least 4 members (excludes halogenated alkanes) is 3. The molecule has 5 nitrogen and oxygen atoms in total. The first-order valence-corrected chi connectivity index (χ1v) is 11.7. The topological polar surface area (TPSA) is 75.4 Å². The van der Waals surface area contributed by atoms with Crippen LogP contribution in [-0.2, 0) is 9.59 Å². The fraction of sp³-hybridized carbons (Fsp3) is 0.900. The third kappa shape index (κ3) is 7.47. The summed E-state index contributed by atoms with van der Waals surface area (Å²) in [5.41, 5.74) is 5.49. The lowest BCUT2D eigenvalue weighted by atomic mass is 9.86. The maximum absolute atomic E-state index is 12.6. The van der Waals surface area contributed by atoms with E-state index in [4.69, 9.17) is 5.73 Å². The summed E-state index contributed by atoms with van der Waals surface area (Å²) in [6.07, 6.45) is 13.8. The molecule has 2 amide bonds. The zero-order valence-electron chi connectivity index (χ0n) is 16.2. The van der Waals surface area contributed by atoms with Crippen molar-refractivity contribution >= 4 is 23.6 Å². The van der Waals surface area contributed by atoms with Gasteiger partial charge in [-0.3, -0.25) is 9.59 Å². The molecule has 0 spiro atoms. The van der Waals surface area contributed by atoms with Crippen molar-refractivity contribution in [3.63, 3.8) is 0 Å². The van der Waals surface area contributed by atoms with Gasteiger partial charge in [0.15, 0.2) is 0 Å². The molecule has 0 aromatic rings. The van der Waals surface area contributed by atoms with Gasteiger partial charge < -0.3 is 16.0 Å². The van der Waals surface area contributed by atoms with Crippen LogP contribution in [0.1, 0.15) is 77.0 Å². The highest BCUT2D eigenvalue weighted by atomic mass is 32.2. The summed E-state index contributed by atoms with van der Waals surface area (Å²) in [5, 5.41) is 3.02. The highest BCUT2D eigenvalue weighted by Crippen LogP contribution is 2.28. The molecule has 0 aromatic heterocycles. The zero-order valence-corrected chi connectivity index (χ0v) is 17.0. The molecule has 26 heavy (non-hydrogen) atoms. The van der Waals surface area contributed by atoms with Gasteiger partial charge in [0, 0.05) is 18.7 Å². The summed E-state index contributed by atoms with van der Waals surface area (Å²) in [5.74, 6) is 2.40. The van der Waals surface area contributed by atoms with Crippen LogP contribution in [0.4, 0.5) is 0 Å². The van der Waals surface area contributed by atoms with Gasteiger partial charge in [-0.2, -0.15) is 0 Å². The van der Waals surface area contributed by atoms with Crippen molar-refractivity contribution in [1.82, 2.24) is 10.2 Å².